The van der Waals surface area contributed by atoms with Crippen molar-refractivity contribution in [1.29, 1.82) is 0 Å². The summed E-state index contributed by atoms with van der Waals surface area (Å²) in [4.78, 5) is 5.51. The van der Waals surface area contributed by atoms with Crippen molar-refractivity contribution in [2.45, 2.75) is 20.0 Å². The lowest BCUT2D eigenvalue weighted by Crippen LogP contribution is -2.36. The smallest absolute Gasteiger partial charge is 0.191 e. The van der Waals surface area contributed by atoms with Gasteiger partial charge in [-0.2, -0.15) is 0 Å². The van der Waals surface area contributed by atoms with E-state index in [1.165, 1.54) is 10.4 Å². The van der Waals surface area contributed by atoms with Gasteiger partial charge in [0.25, 0.3) is 0 Å². The Morgan fingerprint density at radius 1 is 1.40 bits per heavy atom. The fourth-order valence-electron chi connectivity index (χ4n) is 1.60. The molecule has 2 aromatic heterocycles. The summed E-state index contributed by atoms with van der Waals surface area (Å²) in [6.07, 6.45) is 1.68. The lowest BCUT2D eigenvalue weighted by molar-refractivity contribution is 0.726. The molecular weight excluding hydrogens is 387 g/mol. The topological polar surface area (TPSA) is 67.1 Å². The summed E-state index contributed by atoms with van der Waals surface area (Å²) in [6, 6.07) is 2.12. The monoisotopic (exact) mass is 406 g/mol. The van der Waals surface area contributed by atoms with Gasteiger partial charge in [-0.15, -0.1) is 45.5 Å². The molecule has 2 heterocycles. The summed E-state index contributed by atoms with van der Waals surface area (Å²) in [5, 5.41) is 16.5. The third kappa shape index (κ3) is 4.44. The van der Waals surface area contributed by atoms with Crippen molar-refractivity contribution >= 4 is 41.3 Å². The molecule has 0 aliphatic rings. The van der Waals surface area contributed by atoms with Crippen LogP contribution in [0.2, 0.25) is 0 Å². The van der Waals surface area contributed by atoms with Crippen LogP contribution in [0.3, 0.4) is 0 Å². The number of nitrogens with zero attached hydrogens (tertiary/aromatic N) is 4. The summed E-state index contributed by atoms with van der Waals surface area (Å²) in [5.41, 5.74) is 1.31. The maximum absolute atomic E-state index is 4.19. The SMILES string of the molecule is CN=C(NCc1sccc1C)NCc1nncn1C.I. The molecule has 8 heteroatoms. The van der Waals surface area contributed by atoms with Crippen LogP contribution in [0, 0.1) is 6.92 Å². The van der Waals surface area contributed by atoms with E-state index in [9.17, 15) is 0 Å². The summed E-state index contributed by atoms with van der Waals surface area (Å²) < 4.78 is 1.88. The molecule has 2 rings (SSSR count). The van der Waals surface area contributed by atoms with Crippen LogP contribution in [0.5, 0.6) is 0 Å². The van der Waals surface area contributed by atoms with E-state index in [4.69, 9.17) is 0 Å². The van der Waals surface area contributed by atoms with Crippen molar-refractivity contribution < 1.29 is 0 Å². The second-order valence-corrected chi connectivity index (χ2v) is 5.16. The highest BCUT2D eigenvalue weighted by atomic mass is 127. The minimum Gasteiger partial charge on any atom is -0.352 e. The number of aromatic nitrogens is 3. The maximum atomic E-state index is 4.19. The molecule has 0 spiro atoms. The van der Waals surface area contributed by atoms with Crippen molar-refractivity contribution in [2.24, 2.45) is 12.0 Å². The van der Waals surface area contributed by atoms with Crippen molar-refractivity contribution in [3.8, 4) is 0 Å². The molecule has 2 N–H and O–H groups in total. The normalized spacial score (nSPS) is 11.1. The number of hydrogen-bond donors (Lipinski definition) is 2. The minimum atomic E-state index is 0. The van der Waals surface area contributed by atoms with Crippen molar-refractivity contribution in [3.63, 3.8) is 0 Å². The van der Waals surface area contributed by atoms with E-state index >= 15 is 0 Å². The van der Waals surface area contributed by atoms with Crippen LogP contribution in [-0.2, 0) is 20.1 Å². The number of rotatable bonds is 4. The zero-order valence-corrected chi connectivity index (χ0v) is 14.9. The Morgan fingerprint density at radius 2 is 2.15 bits per heavy atom. The predicted molar refractivity (Wildman–Crippen MR) is 92.5 cm³/mol. The highest BCUT2D eigenvalue weighted by Crippen LogP contribution is 2.14. The van der Waals surface area contributed by atoms with Gasteiger partial charge in [-0.25, -0.2) is 0 Å². The summed E-state index contributed by atoms with van der Waals surface area (Å²) in [6.45, 7) is 3.49. The van der Waals surface area contributed by atoms with Gasteiger partial charge < -0.3 is 15.2 Å². The Kier molecular flexibility index (Phi) is 6.93. The zero-order chi connectivity index (χ0) is 13.7. The van der Waals surface area contributed by atoms with Gasteiger partial charge in [-0.3, -0.25) is 4.99 Å². The molecule has 0 saturated carbocycles. The van der Waals surface area contributed by atoms with Crippen LogP contribution >= 0.6 is 35.3 Å². The van der Waals surface area contributed by atoms with Gasteiger partial charge in [-0.1, -0.05) is 0 Å². The molecule has 0 bridgehead atoms. The molecule has 0 saturated heterocycles. The van der Waals surface area contributed by atoms with Crippen LogP contribution in [0.15, 0.2) is 22.8 Å². The van der Waals surface area contributed by atoms with Crippen LogP contribution in [0.4, 0.5) is 0 Å². The second kappa shape index (κ2) is 8.20. The van der Waals surface area contributed by atoms with E-state index in [0.29, 0.717) is 6.54 Å². The first-order chi connectivity index (χ1) is 9.20. The Hall–Kier alpha value is -1.16. The van der Waals surface area contributed by atoms with Gasteiger partial charge in [-0.05, 0) is 23.9 Å². The number of aryl methyl sites for hydroxylation is 2. The van der Waals surface area contributed by atoms with Crippen molar-refractivity contribution in [1.82, 2.24) is 25.4 Å². The summed E-state index contributed by atoms with van der Waals surface area (Å²) >= 11 is 1.75. The predicted octanol–water partition coefficient (Wildman–Crippen LogP) is 1.67. The zero-order valence-electron chi connectivity index (χ0n) is 11.8. The van der Waals surface area contributed by atoms with Crippen LogP contribution in [0.1, 0.15) is 16.3 Å². The molecule has 0 aliphatic heterocycles. The van der Waals surface area contributed by atoms with Gasteiger partial charge in [0.2, 0.25) is 0 Å². The average molecular weight is 406 g/mol. The van der Waals surface area contributed by atoms with E-state index in [2.05, 4.69) is 44.2 Å². The fourth-order valence-corrected chi connectivity index (χ4v) is 2.45. The first kappa shape index (κ1) is 16.9. The van der Waals surface area contributed by atoms with Gasteiger partial charge in [0, 0.05) is 19.0 Å². The van der Waals surface area contributed by atoms with Gasteiger partial charge in [0.05, 0.1) is 13.1 Å². The van der Waals surface area contributed by atoms with Crippen LogP contribution in [0.25, 0.3) is 0 Å². The Bertz CT molecular complexity index is 516. The quantitative estimate of drug-likeness (QED) is 0.461. The lowest BCUT2D eigenvalue weighted by Gasteiger charge is -2.11. The molecule has 0 aromatic carbocycles. The molecule has 0 unspecified atom stereocenters. The van der Waals surface area contributed by atoms with E-state index < -0.39 is 0 Å². The molecule has 0 radical (unpaired) electrons. The van der Waals surface area contributed by atoms with Crippen LogP contribution in [-0.4, -0.2) is 27.8 Å². The van der Waals surface area contributed by atoms with Crippen molar-refractivity contribution in [3.05, 3.63) is 34.0 Å². The summed E-state index contributed by atoms with van der Waals surface area (Å²) in [7, 11) is 3.68. The Labute approximate surface area is 139 Å². The third-order valence-corrected chi connectivity index (χ3v) is 3.85. The number of aliphatic imine (C=N–C) groups is 1. The van der Waals surface area contributed by atoms with E-state index in [-0.39, 0.29) is 24.0 Å². The maximum Gasteiger partial charge on any atom is 0.191 e. The fraction of sp³-hybridized carbons (Fsp3) is 0.417. The Balaban J connectivity index is 0.00000200. The molecule has 0 atom stereocenters. The number of halogens is 1. The minimum absolute atomic E-state index is 0. The number of nitrogens with one attached hydrogen (secondary N) is 2. The highest BCUT2D eigenvalue weighted by molar-refractivity contribution is 14.0. The van der Waals surface area contributed by atoms with Gasteiger partial charge >= 0.3 is 0 Å². The number of hydrogen-bond acceptors (Lipinski definition) is 4. The standard InChI is InChI=1S/C12H18N6S.HI/c1-9-4-5-19-10(9)6-14-12(13-2)15-7-11-17-16-8-18(11)3;/h4-5,8H,6-7H2,1-3H3,(H2,13,14,15);1H. The first-order valence-corrected chi connectivity index (χ1v) is 6.89. The Morgan fingerprint density at radius 3 is 2.70 bits per heavy atom. The molecule has 110 valence electrons. The van der Waals surface area contributed by atoms with Crippen LogP contribution < -0.4 is 10.6 Å². The largest absolute Gasteiger partial charge is 0.352 e. The molecule has 0 fully saturated rings. The van der Waals surface area contributed by atoms with Gasteiger partial charge in [0.15, 0.2) is 11.8 Å². The highest BCUT2D eigenvalue weighted by Gasteiger charge is 2.04. The first-order valence-electron chi connectivity index (χ1n) is 6.01. The van der Waals surface area contributed by atoms with Gasteiger partial charge in [0.1, 0.15) is 6.33 Å². The van der Waals surface area contributed by atoms with E-state index in [0.717, 1.165) is 18.3 Å². The molecular formula is C12H19IN6S. The molecule has 20 heavy (non-hydrogen) atoms. The molecule has 6 nitrogen and oxygen atoms in total. The molecule has 0 amide bonds. The third-order valence-electron chi connectivity index (χ3n) is 2.83. The second-order valence-electron chi connectivity index (χ2n) is 4.16. The number of thiophene rings is 1. The average Bonchev–Trinajstić information content (AvgIpc) is 2.99. The number of guanidine groups is 1. The van der Waals surface area contributed by atoms with E-state index in [1.54, 1.807) is 24.7 Å². The summed E-state index contributed by atoms with van der Waals surface area (Å²) in [5.74, 6) is 1.63. The van der Waals surface area contributed by atoms with E-state index in [1.807, 2.05) is 11.6 Å². The lowest BCUT2D eigenvalue weighted by atomic mass is 10.3. The molecule has 2 aromatic rings. The molecule has 0 aliphatic carbocycles. The van der Waals surface area contributed by atoms with Crippen molar-refractivity contribution in [2.75, 3.05) is 7.05 Å².